The highest BCUT2D eigenvalue weighted by Gasteiger charge is 2.24. The second kappa shape index (κ2) is 9.94. The van der Waals surface area contributed by atoms with Gasteiger partial charge in [-0.3, -0.25) is 0 Å². The zero-order valence-electron chi connectivity index (χ0n) is 18.3. The minimum Gasteiger partial charge on any atom is -0.103 e. The Morgan fingerprint density at radius 1 is 0.767 bits per heavy atom. The van der Waals surface area contributed by atoms with Crippen molar-refractivity contribution in [3.05, 3.63) is 96.6 Å². The summed E-state index contributed by atoms with van der Waals surface area (Å²) < 4.78 is 0. The summed E-state index contributed by atoms with van der Waals surface area (Å²) in [5.74, 6) is 1.72. The Balaban J connectivity index is 1.42. The van der Waals surface area contributed by atoms with E-state index in [-0.39, 0.29) is 0 Å². The van der Waals surface area contributed by atoms with E-state index >= 15 is 0 Å². The average Bonchev–Trinajstić information content (AvgIpc) is 3.27. The molecule has 2 unspecified atom stereocenters. The van der Waals surface area contributed by atoms with Gasteiger partial charge in [-0.25, -0.2) is 0 Å². The van der Waals surface area contributed by atoms with Crippen molar-refractivity contribution in [3.8, 4) is 22.3 Å². The summed E-state index contributed by atoms with van der Waals surface area (Å²) in [5, 5.41) is 0. The molecule has 0 saturated heterocycles. The van der Waals surface area contributed by atoms with E-state index < -0.39 is 0 Å². The molecule has 4 rings (SSSR count). The van der Waals surface area contributed by atoms with Crippen LogP contribution in [-0.4, -0.2) is 0 Å². The lowest BCUT2D eigenvalue weighted by Crippen LogP contribution is -1.95. The highest BCUT2D eigenvalue weighted by molar-refractivity contribution is 5.70. The Hall–Kier alpha value is -2.60. The molecule has 154 valence electrons. The molecule has 1 fully saturated rings. The van der Waals surface area contributed by atoms with E-state index in [0.29, 0.717) is 0 Å². The molecule has 0 N–H and O–H groups in total. The molecule has 0 aliphatic heterocycles. The Kier molecular flexibility index (Phi) is 6.84. The molecule has 1 aliphatic carbocycles. The lowest BCUT2D eigenvalue weighted by molar-refractivity contribution is 0.489. The topological polar surface area (TPSA) is 0 Å². The molecule has 1 saturated carbocycles. The maximum absolute atomic E-state index is 3.81. The molecule has 0 radical (unpaired) electrons. The van der Waals surface area contributed by atoms with Crippen LogP contribution < -0.4 is 0 Å². The molecule has 1 aliphatic rings. The van der Waals surface area contributed by atoms with Gasteiger partial charge in [-0.1, -0.05) is 98.6 Å². The monoisotopic (exact) mass is 394 g/mol. The van der Waals surface area contributed by atoms with E-state index in [2.05, 4.69) is 86.3 Å². The van der Waals surface area contributed by atoms with Gasteiger partial charge in [-0.15, -0.1) is 6.58 Å². The molecule has 0 heterocycles. The molecule has 0 spiro atoms. The largest absolute Gasteiger partial charge is 0.103 e. The van der Waals surface area contributed by atoms with Gasteiger partial charge in [0.15, 0.2) is 0 Å². The number of hydrogen-bond donors (Lipinski definition) is 0. The van der Waals surface area contributed by atoms with Crippen LogP contribution in [0.15, 0.2) is 85.5 Å². The highest BCUT2D eigenvalue weighted by Crippen LogP contribution is 2.40. The first-order chi connectivity index (χ1) is 14.8. The zero-order chi connectivity index (χ0) is 20.8. The van der Waals surface area contributed by atoms with Crippen LogP contribution in [-0.2, 0) is 6.42 Å². The summed E-state index contributed by atoms with van der Waals surface area (Å²) in [6.45, 7) is 6.12. The van der Waals surface area contributed by atoms with Crippen LogP contribution in [0, 0.1) is 5.92 Å². The Labute approximate surface area is 182 Å². The van der Waals surface area contributed by atoms with E-state index in [1.807, 2.05) is 6.08 Å². The fourth-order valence-corrected chi connectivity index (χ4v) is 4.98. The molecule has 0 heteroatoms. The molecule has 3 aromatic carbocycles. The van der Waals surface area contributed by atoms with Crippen LogP contribution >= 0.6 is 0 Å². The van der Waals surface area contributed by atoms with Gasteiger partial charge in [0.05, 0.1) is 0 Å². The minimum atomic E-state index is 0.771. The molecular weight excluding hydrogens is 360 g/mol. The Bertz CT molecular complexity index is 929. The number of aryl methyl sites for hydroxylation is 1. The number of benzene rings is 3. The third-order valence-corrected chi connectivity index (χ3v) is 6.76. The Morgan fingerprint density at radius 3 is 1.83 bits per heavy atom. The normalized spacial score (nSPS) is 18.4. The van der Waals surface area contributed by atoms with Gasteiger partial charge in [-0.2, -0.15) is 0 Å². The molecule has 3 aromatic rings. The van der Waals surface area contributed by atoms with Crippen LogP contribution in [0.4, 0.5) is 0 Å². The van der Waals surface area contributed by atoms with E-state index in [0.717, 1.165) is 24.7 Å². The maximum Gasteiger partial charge on any atom is -0.0159 e. The van der Waals surface area contributed by atoms with Gasteiger partial charge in [0.1, 0.15) is 0 Å². The van der Waals surface area contributed by atoms with Crippen LogP contribution in [0.3, 0.4) is 0 Å². The van der Waals surface area contributed by atoms with E-state index in [9.17, 15) is 0 Å². The zero-order valence-corrected chi connectivity index (χ0v) is 18.3. The summed E-state index contributed by atoms with van der Waals surface area (Å²) >= 11 is 0. The van der Waals surface area contributed by atoms with Crippen molar-refractivity contribution in [2.24, 2.45) is 5.92 Å². The first-order valence-corrected chi connectivity index (χ1v) is 11.7. The molecule has 0 aromatic heterocycles. The van der Waals surface area contributed by atoms with Crippen LogP contribution in [0.25, 0.3) is 22.3 Å². The standard InChI is InChI=1S/C30H34/c1-3-5-7-23-8-11-25(12-9-23)26-14-16-27(17-15-26)28-18-20-29(21-19-28)30-13-10-24(22-30)6-4-2/h3,8-9,11-12,14-21,24,30H,1,4-7,10,13,22H2,2H3. The van der Waals surface area contributed by atoms with Gasteiger partial charge in [-0.05, 0) is 77.3 Å². The molecule has 0 bridgehead atoms. The second-order valence-electron chi connectivity index (χ2n) is 8.89. The van der Waals surface area contributed by atoms with Crippen molar-refractivity contribution in [3.63, 3.8) is 0 Å². The first-order valence-electron chi connectivity index (χ1n) is 11.7. The van der Waals surface area contributed by atoms with Crippen molar-refractivity contribution >= 4 is 0 Å². The fraction of sp³-hybridized carbons (Fsp3) is 0.333. The van der Waals surface area contributed by atoms with Crippen molar-refractivity contribution in [2.45, 2.75) is 57.8 Å². The minimum absolute atomic E-state index is 0.771. The highest BCUT2D eigenvalue weighted by atomic mass is 14.3. The van der Waals surface area contributed by atoms with Gasteiger partial charge in [0.25, 0.3) is 0 Å². The summed E-state index contributed by atoms with van der Waals surface area (Å²) in [4.78, 5) is 0. The van der Waals surface area contributed by atoms with Crippen molar-refractivity contribution in [1.82, 2.24) is 0 Å². The molecular formula is C30H34. The van der Waals surface area contributed by atoms with Crippen LogP contribution in [0.5, 0.6) is 0 Å². The van der Waals surface area contributed by atoms with E-state index in [4.69, 9.17) is 0 Å². The second-order valence-corrected chi connectivity index (χ2v) is 8.89. The van der Waals surface area contributed by atoms with Gasteiger partial charge in [0, 0.05) is 0 Å². The number of allylic oxidation sites excluding steroid dienone is 1. The molecule has 0 amide bonds. The first kappa shape index (κ1) is 20.7. The fourth-order valence-electron chi connectivity index (χ4n) is 4.98. The maximum atomic E-state index is 3.81. The molecule has 2 atom stereocenters. The average molecular weight is 395 g/mol. The Morgan fingerprint density at radius 2 is 1.30 bits per heavy atom. The van der Waals surface area contributed by atoms with Gasteiger partial charge >= 0.3 is 0 Å². The molecule has 0 nitrogen and oxygen atoms in total. The summed E-state index contributed by atoms with van der Waals surface area (Å²) in [6, 6.07) is 27.3. The van der Waals surface area contributed by atoms with Crippen molar-refractivity contribution in [2.75, 3.05) is 0 Å². The SMILES string of the molecule is C=CCCc1ccc(-c2ccc(-c3ccc(C4CCC(CCC)C4)cc3)cc2)cc1. The van der Waals surface area contributed by atoms with Crippen LogP contribution in [0.2, 0.25) is 0 Å². The predicted octanol–water partition coefficient (Wildman–Crippen LogP) is 8.82. The van der Waals surface area contributed by atoms with E-state index in [1.54, 1.807) is 0 Å². The summed E-state index contributed by atoms with van der Waals surface area (Å²) in [6.07, 6.45) is 11.0. The van der Waals surface area contributed by atoms with E-state index in [1.165, 1.54) is 65.5 Å². The lowest BCUT2D eigenvalue weighted by atomic mass is 9.93. The third kappa shape index (κ3) is 4.93. The smallest absolute Gasteiger partial charge is 0.0159 e. The third-order valence-electron chi connectivity index (χ3n) is 6.76. The van der Waals surface area contributed by atoms with Crippen molar-refractivity contribution in [1.29, 1.82) is 0 Å². The predicted molar refractivity (Wildman–Crippen MR) is 131 cm³/mol. The van der Waals surface area contributed by atoms with Crippen molar-refractivity contribution < 1.29 is 0 Å². The molecule has 30 heavy (non-hydrogen) atoms. The summed E-state index contributed by atoms with van der Waals surface area (Å²) in [5.41, 5.74) is 8.07. The van der Waals surface area contributed by atoms with Gasteiger partial charge in [0.2, 0.25) is 0 Å². The quantitative estimate of drug-likeness (QED) is 0.335. The van der Waals surface area contributed by atoms with Gasteiger partial charge < -0.3 is 0 Å². The number of rotatable bonds is 8. The lowest BCUT2D eigenvalue weighted by Gasteiger charge is -2.12. The number of hydrogen-bond acceptors (Lipinski definition) is 0. The summed E-state index contributed by atoms with van der Waals surface area (Å²) in [7, 11) is 0. The van der Waals surface area contributed by atoms with Crippen LogP contribution in [0.1, 0.15) is 62.5 Å².